The lowest BCUT2D eigenvalue weighted by Gasteiger charge is -2.31. The minimum Gasteiger partial charge on any atom is -0.354 e. The summed E-state index contributed by atoms with van der Waals surface area (Å²) in [5.41, 5.74) is 5.57. The van der Waals surface area contributed by atoms with E-state index in [1.54, 1.807) is 0 Å². The van der Waals surface area contributed by atoms with E-state index in [-0.39, 0.29) is 11.3 Å². The zero-order valence-corrected chi connectivity index (χ0v) is 10.2. The van der Waals surface area contributed by atoms with E-state index in [1.807, 2.05) is 0 Å². The third-order valence-electron chi connectivity index (χ3n) is 4.11. The van der Waals surface area contributed by atoms with Gasteiger partial charge >= 0.3 is 0 Å². The van der Waals surface area contributed by atoms with Crippen LogP contribution in [0.4, 0.5) is 0 Å². The molecule has 1 rings (SSSR count). The van der Waals surface area contributed by atoms with Crippen molar-refractivity contribution in [2.75, 3.05) is 6.54 Å². The van der Waals surface area contributed by atoms with Gasteiger partial charge in [0.05, 0.1) is 5.54 Å². The third kappa shape index (κ3) is 2.71. The van der Waals surface area contributed by atoms with Crippen LogP contribution in [0.2, 0.25) is 0 Å². The summed E-state index contributed by atoms with van der Waals surface area (Å²) in [7, 11) is 0. The predicted molar refractivity (Wildman–Crippen MR) is 62.5 cm³/mol. The quantitative estimate of drug-likeness (QED) is 0.705. The molecule has 0 spiro atoms. The van der Waals surface area contributed by atoms with E-state index < -0.39 is 5.54 Å². The molecule has 0 saturated heterocycles. The summed E-state index contributed by atoms with van der Waals surface area (Å²) >= 11 is 0. The third-order valence-corrected chi connectivity index (χ3v) is 4.11. The Morgan fingerprint density at radius 1 is 1.27 bits per heavy atom. The summed E-state index contributed by atoms with van der Waals surface area (Å²) in [6.07, 6.45) is 5.01. The van der Waals surface area contributed by atoms with Gasteiger partial charge in [0.15, 0.2) is 0 Å². The Bertz CT molecular complexity index is 222. The molecule has 3 heteroatoms. The fourth-order valence-electron chi connectivity index (χ4n) is 1.93. The Hall–Kier alpha value is -0.570. The zero-order valence-electron chi connectivity index (χ0n) is 10.2. The number of hydrogen-bond acceptors (Lipinski definition) is 2. The number of carbonyl (C=O) groups excluding carboxylic acids is 1. The number of amides is 1. The zero-order chi connectivity index (χ0) is 11.5. The van der Waals surface area contributed by atoms with Crippen LogP contribution in [0.5, 0.6) is 0 Å². The molecule has 1 aliphatic rings. The second kappa shape index (κ2) is 4.52. The second-order valence-electron chi connectivity index (χ2n) is 4.90. The van der Waals surface area contributed by atoms with Crippen LogP contribution >= 0.6 is 0 Å². The highest BCUT2D eigenvalue weighted by Gasteiger charge is 2.46. The van der Waals surface area contributed by atoms with Gasteiger partial charge in [-0.15, -0.1) is 0 Å². The standard InChI is InChI=1S/C12H24N2O/c1-4-11(5-2,6-3)9-14-10(15)12(13)7-8-12/h4-9,13H2,1-3H3,(H,14,15). The van der Waals surface area contributed by atoms with Gasteiger partial charge in [-0.3, -0.25) is 4.79 Å². The molecule has 3 nitrogen and oxygen atoms in total. The highest BCUT2D eigenvalue weighted by Crippen LogP contribution is 2.33. The average Bonchev–Trinajstić information content (AvgIpc) is 3.00. The number of nitrogens with one attached hydrogen (secondary N) is 1. The van der Waals surface area contributed by atoms with Gasteiger partial charge in [-0.25, -0.2) is 0 Å². The largest absolute Gasteiger partial charge is 0.354 e. The summed E-state index contributed by atoms with van der Waals surface area (Å²) in [4.78, 5) is 11.7. The molecule has 1 saturated carbocycles. The molecule has 0 atom stereocenters. The van der Waals surface area contributed by atoms with Gasteiger partial charge in [0.25, 0.3) is 0 Å². The molecule has 88 valence electrons. The number of hydrogen-bond donors (Lipinski definition) is 2. The van der Waals surface area contributed by atoms with E-state index in [9.17, 15) is 4.79 Å². The van der Waals surface area contributed by atoms with Crippen molar-refractivity contribution in [2.24, 2.45) is 11.1 Å². The molecule has 0 aromatic heterocycles. The molecular formula is C12H24N2O. The van der Waals surface area contributed by atoms with Crippen molar-refractivity contribution in [1.82, 2.24) is 5.32 Å². The van der Waals surface area contributed by atoms with Gasteiger partial charge in [0, 0.05) is 6.54 Å². The van der Waals surface area contributed by atoms with Crippen molar-refractivity contribution in [3.05, 3.63) is 0 Å². The van der Waals surface area contributed by atoms with Gasteiger partial charge < -0.3 is 11.1 Å². The summed E-state index contributed by atoms with van der Waals surface area (Å²) in [6, 6.07) is 0. The minimum atomic E-state index is -0.527. The minimum absolute atomic E-state index is 0.0437. The van der Waals surface area contributed by atoms with Gasteiger partial charge in [0.1, 0.15) is 0 Å². The van der Waals surface area contributed by atoms with Crippen LogP contribution in [0.3, 0.4) is 0 Å². The first kappa shape index (κ1) is 12.5. The maximum absolute atomic E-state index is 11.7. The molecule has 1 aliphatic carbocycles. The Balaban J connectivity index is 2.43. The van der Waals surface area contributed by atoms with Crippen LogP contribution in [0, 0.1) is 5.41 Å². The number of nitrogens with two attached hydrogens (primary N) is 1. The maximum atomic E-state index is 11.7. The average molecular weight is 212 g/mol. The van der Waals surface area contributed by atoms with E-state index in [2.05, 4.69) is 26.1 Å². The highest BCUT2D eigenvalue weighted by atomic mass is 16.2. The lowest BCUT2D eigenvalue weighted by Crippen LogP contribution is -2.46. The number of carbonyl (C=O) groups is 1. The van der Waals surface area contributed by atoms with E-state index in [1.165, 1.54) is 0 Å². The van der Waals surface area contributed by atoms with Crippen molar-refractivity contribution in [3.8, 4) is 0 Å². The molecule has 0 unspecified atom stereocenters. The summed E-state index contributed by atoms with van der Waals surface area (Å²) < 4.78 is 0. The lowest BCUT2D eigenvalue weighted by molar-refractivity contribution is -0.123. The van der Waals surface area contributed by atoms with Gasteiger partial charge in [-0.1, -0.05) is 20.8 Å². The molecule has 15 heavy (non-hydrogen) atoms. The van der Waals surface area contributed by atoms with E-state index in [0.29, 0.717) is 0 Å². The first-order valence-corrected chi connectivity index (χ1v) is 6.09. The highest BCUT2D eigenvalue weighted by molar-refractivity contribution is 5.88. The molecule has 3 N–H and O–H groups in total. The summed E-state index contributed by atoms with van der Waals surface area (Å²) in [5, 5.41) is 3.01. The molecule has 0 aromatic carbocycles. The molecule has 0 aromatic rings. The van der Waals surface area contributed by atoms with E-state index >= 15 is 0 Å². The maximum Gasteiger partial charge on any atom is 0.240 e. The van der Waals surface area contributed by atoms with Crippen LogP contribution in [0.25, 0.3) is 0 Å². The van der Waals surface area contributed by atoms with Gasteiger partial charge in [-0.05, 0) is 37.5 Å². The first-order chi connectivity index (χ1) is 7.02. The molecule has 0 bridgehead atoms. The van der Waals surface area contributed by atoms with Crippen molar-refractivity contribution in [1.29, 1.82) is 0 Å². The molecule has 1 fully saturated rings. The van der Waals surface area contributed by atoms with Gasteiger partial charge in [0.2, 0.25) is 5.91 Å². The van der Waals surface area contributed by atoms with Crippen molar-refractivity contribution in [3.63, 3.8) is 0 Å². The summed E-state index contributed by atoms with van der Waals surface area (Å²) in [5.74, 6) is 0.0437. The molecule has 0 heterocycles. The summed E-state index contributed by atoms with van der Waals surface area (Å²) in [6.45, 7) is 7.34. The fraction of sp³-hybridized carbons (Fsp3) is 0.917. The Morgan fingerprint density at radius 2 is 1.73 bits per heavy atom. The molecule has 1 amide bonds. The normalized spacial score (nSPS) is 18.7. The van der Waals surface area contributed by atoms with Gasteiger partial charge in [-0.2, -0.15) is 0 Å². The Kier molecular flexibility index (Phi) is 3.77. The van der Waals surface area contributed by atoms with Crippen molar-refractivity contribution >= 4 is 5.91 Å². The molecule has 0 aliphatic heterocycles. The first-order valence-electron chi connectivity index (χ1n) is 6.09. The van der Waals surface area contributed by atoms with Crippen LogP contribution in [0.1, 0.15) is 52.9 Å². The van der Waals surface area contributed by atoms with Crippen molar-refractivity contribution in [2.45, 2.75) is 58.4 Å². The van der Waals surface area contributed by atoms with Crippen molar-refractivity contribution < 1.29 is 4.79 Å². The fourth-order valence-corrected chi connectivity index (χ4v) is 1.93. The van der Waals surface area contributed by atoms with Crippen LogP contribution in [-0.4, -0.2) is 18.0 Å². The Labute approximate surface area is 92.8 Å². The lowest BCUT2D eigenvalue weighted by atomic mass is 9.80. The smallest absolute Gasteiger partial charge is 0.240 e. The number of rotatable bonds is 6. The topological polar surface area (TPSA) is 55.1 Å². The van der Waals surface area contributed by atoms with E-state index in [0.717, 1.165) is 38.6 Å². The van der Waals surface area contributed by atoms with E-state index in [4.69, 9.17) is 5.73 Å². The van der Waals surface area contributed by atoms with Crippen LogP contribution in [0.15, 0.2) is 0 Å². The Morgan fingerprint density at radius 3 is 2.07 bits per heavy atom. The van der Waals surface area contributed by atoms with Crippen LogP contribution < -0.4 is 11.1 Å². The SMILES string of the molecule is CCC(CC)(CC)CNC(=O)C1(N)CC1. The second-order valence-corrected chi connectivity index (χ2v) is 4.90. The predicted octanol–water partition coefficient (Wildman–Crippen LogP) is 1.81. The molecular weight excluding hydrogens is 188 g/mol. The molecule has 0 radical (unpaired) electrons. The van der Waals surface area contributed by atoms with Crippen LogP contribution in [-0.2, 0) is 4.79 Å². The monoisotopic (exact) mass is 212 g/mol.